The second kappa shape index (κ2) is 14.7. The Morgan fingerprint density at radius 2 is 1.88 bits per heavy atom. The van der Waals surface area contributed by atoms with Gasteiger partial charge in [-0.05, 0) is 37.3 Å². The van der Waals surface area contributed by atoms with E-state index in [4.69, 9.17) is 16.2 Å². The van der Waals surface area contributed by atoms with E-state index in [9.17, 15) is 19.2 Å². The van der Waals surface area contributed by atoms with E-state index in [0.29, 0.717) is 56.7 Å². The maximum absolute atomic E-state index is 13.6. The summed E-state index contributed by atoms with van der Waals surface area (Å²) in [5, 5.41) is 3.10. The Bertz CT molecular complexity index is 1180. The molecule has 1 aliphatic heterocycles. The monoisotopic (exact) mass is 572 g/mol. The lowest BCUT2D eigenvalue weighted by molar-refractivity contribution is -0.131. The predicted molar refractivity (Wildman–Crippen MR) is 155 cm³/mol. The largest absolute Gasteiger partial charge is 0.446 e. The molecule has 2 atom stereocenters. The number of Topliss-reactive ketones (excluding diaryl/α,β-unsaturated/α-hetero) is 2. The Morgan fingerprint density at radius 3 is 2.50 bits per heavy atom. The molecule has 5 N–H and O–H groups in total. The van der Waals surface area contributed by atoms with Crippen molar-refractivity contribution < 1.29 is 23.9 Å². The summed E-state index contributed by atoms with van der Waals surface area (Å²) in [6.07, 6.45) is 1.36. The molecule has 1 aromatic carbocycles. The molecule has 3 rings (SSSR count). The van der Waals surface area contributed by atoms with E-state index in [0.717, 1.165) is 10.2 Å². The van der Waals surface area contributed by atoms with Gasteiger partial charge in [-0.3, -0.25) is 19.4 Å². The molecule has 2 heterocycles. The summed E-state index contributed by atoms with van der Waals surface area (Å²) >= 11 is 1.30. The first-order valence-corrected chi connectivity index (χ1v) is 14.6. The summed E-state index contributed by atoms with van der Waals surface area (Å²) in [7, 11) is 0. The number of benzene rings is 1. The number of alkyl carbamates (subject to hydrolysis) is 1. The number of para-hydroxylation sites is 1. The minimum atomic E-state index is -0.798. The minimum Gasteiger partial charge on any atom is -0.446 e. The molecule has 0 unspecified atom stereocenters. The third-order valence-electron chi connectivity index (χ3n) is 6.88. The summed E-state index contributed by atoms with van der Waals surface area (Å²) in [5.74, 6) is -0.991. The van der Waals surface area contributed by atoms with Gasteiger partial charge in [0.25, 0.3) is 0 Å². The number of rotatable bonds is 13. The number of ketones is 2. The van der Waals surface area contributed by atoms with Crippen LogP contribution in [0.2, 0.25) is 0 Å². The SMILES string of the molecule is CC(=O)N1CCC(OC(=O)N[C@@H](CC(C)C)C(=O)C[C@@H](CCCN=C(N)N)C(=O)c2nc3ccccc3s2)CC1. The number of nitrogens with zero attached hydrogens (tertiary/aromatic N) is 3. The standard InChI is InChI=1S/C28H40N6O5S/c1-17(2)15-22(33-28(38)39-20-10-13-34(14-11-20)18(3)35)23(36)16-19(7-6-12-31-27(29)30)25(37)26-32-21-8-4-5-9-24(21)40-26/h4-5,8-9,17,19-20,22H,6-7,10-16H2,1-3H3,(H,33,38)(H4,29,30,31)/t19-,22+/m1/s1. The molecule has 40 heavy (non-hydrogen) atoms. The van der Waals surface area contributed by atoms with Crippen LogP contribution in [0.1, 0.15) is 69.1 Å². The molecule has 12 heteroatoms. The van der Waals surface area contributed by atoms with Crippen molar-refractivity contribution in [3.8, 4) is 0 Å². The molecular weight excluding hydrogens is 532 g/mol. The Labute approximate surface area is 238 Å². The molecule has 2 aromatic rings. The summed E-state index contributed by atoms with van der Waals surface area (Å²) in [6, 6.07) is 6.70. The fraction of sp³-hybridized carbons (Fsp3) is 0.571. The molecule has 1 saturated heterocycles. The summed E-state index contributed by atoms with van der Waals surface area (Å²) < 4.78 is 6.48. The number of hydrogen-bond acceptors (Lipinski definition) is 8. The summed E-state index contributed by atoms with van der Waals surface area (Å²) in [6.45, 7) is 6.83. The maximum Gasteiger partial charge on any atom is 0.407 e. The molecule has 1 fully saturated rings. The zero-order chi connectivity index (χ0) is 29.2. The number of thiazole rings is 1. The van der Waals surface area contributed by atoms with Gasteiger partial charge in [0, 0.05) is 51.7 Å². The van der Waals surface area contributed by atoms with E-state index in [1.807, 2.05) is 38.1 Å². The highest BCUT2D eigenvalue weighted by Gasteiger charge is 2.31. The van der Waals surface area contributed by atoms with E-state index in [1.54, 1.807) is 4.90 Å². The number of fused-ring (bicyclic) bond motifs is 1. The van der Waals surface area contributed by atoms with Crippen LogP contribution in [0.3, 0.4) is 0 Å². The molecule has 2 amide bonds. The van der Waals surface area contributed by atoms with Crippen molar-refractivity contribution in [3.63, 3.8) is 0 Å². The number of guanidine groups is 1. The number of carbonyl (C=O) groups excluding carboxylic acids is 4. The summed E-state index contributed by atoms with van der Waals surface area (Å²) in [4.78, 5) is 61.6. The number of aliphatic imine (C=N–C) groups is 1. The van der Waals surface area contributed by atoms with Crippen LogP contribution in [-0.4, -0.2) is 71.2 Å². The second-order valence-electron chi connectivity index (χ2n) is 10.6. The van der Waals surface area contributed by atoms with Gasteiger partial charge < -0.3 is 26.4 Å². The van der Waals surface area contributed by atoms with E-state index >= 15 is 0 Å². The van der Waals surface area contributed by atoms with Crippen LogP contribution in [0.5, 0.6) is 0 Å². The fourth-order valence-electron chi connectivity index (χ4n) is 4.77. The Balaban J connectivity index is 1.69. The highest BCUT2D eigenvalue weighted by molar-refractivity contribution is 7.20. The third kappa shape index (κ3) is 9.29. The lowest BCUT2D eigenvalue weighted by Gasteiger charge is -2.31. The summed E-state index contributed by atoms with van der Waals surface area (Å²) in [5.41, 5.74) is 11.6. The number of hydrogen-bond donors (Lipinski definition) is 3. The van der Waals surface area contributed by atoms with Crippen molar-refractivity contribution in [3.05, 3.63) is 29.3 Å². The van der Waals surface area contributed by atoms with E-state index < -0.39 is 18.1 Å². The number of nitrogens with one attached hydrogen (secondary N) is 1. The molecule has 1 aliphatic rings. The highest BCUT2D eigenvalue weighted by Crippen LogP contribution is 2.27. The molecule has 1 aromatic heterocycles. The Morgan fingerprint density at radius 1 is 1.18 bits per heavy atom. The van der Waals surface area contributed by atoms with Gasteiger partial charge in [-0.1, -0.05) is 26.0 Å². The normalized spacial score (nSPS) is 15.4. The molecule has 0 spiro atoms. The minimum absolute atomic E-state index is 0.00116. The maximum atomic E-state index is 13.6. The van der Waals surface area contributed by atoms with Crippen LogP contribution in [0.15, 0.2) is 29.3 Å². The topological polar surface area (TPSA) is 170 Å². The third-order valence-corrected chi connectivity index (χ3v) is 7.93. The number of amides is 2. The highest BCUT2D eigenvalue weighted by atomic mass is 32.1. The number of likely N-dealkylation sites (tertiary alicyclic amines) is 1. The molecule has 11 nitrogen and oxygen atoms in total. The first-order valence-electron chi connectivity index (χ1n) is 13.7. The molecule has 218 valence electrons. The number of aromatic nitrogens is 1. The van der Waals surface area contributed by atoms with Crippen molar-refractivity contribution in [2.45, 2.75) is 71.4 Å². The predicted octanol–water partition coefficient (Wildman–Crippen LogP) is 3.26. The van der Waals surface area contributed by atoms with Gasteiger partial charge in [0.05, 0.1) is 16.3 Å². The van der Waals surface area contributed by atoms with Crippen molar-refractivity contribution in [1.82, 2.24) is 15.2 Å². The quantitative estimate of drug-likeness (QED) is 0.142. The van der Waals surface area contributed by atoms with Crippen molar-refractivity contribution >= 4 is 51.1 Å². The van der Waals surface area contributed by atoms with Crippen molar-refractivity contribution in [2.75, 3.05) is 19.6 Å². The number of carbonyl (C=O) groups is 4. The first-order chi connectivity index (χ1) is 19.0. The average Bonchev–Trinajstić information content (AvgIpc) is 3.34. The van der Waals surface area contributed by atoms with E-state index in [-0.39, 0.29) is 41.9 Å². The lowest BCUT2D eigenvalue weighted by Crippen LogP contribution is -2.46. The van der Waals surface area contributed by atoms with E-state index in [2.05, 4.69) is 15.3 Å². The van der Waals surface area contributed by atoms with Crippen LogP contribution < -0.4 is 16.8 Å². The second-order valence-corrected chi connectivity index (χ2v) is 11.6. The average molecular weight is 573 g/mol. The molecule has 0 saturated carbocycles. The number of nitrogens with two attached hydrogens (primary N) is 2. The van der Waals surface area contributed by atoms with Gasteiger partial charge in [0.2, 0.25) is 5.91 Å². The van der Waals surface area contributed by atoms with Crippen LogP contribution >= 0.6 is 11.3 Å². The number of piperidine rings is 1. The van der Waals surface area contributed by atoms with Gasteiger partial charge >= 0.3 is 6.09 Å². The van der Waals surface area contributed by atoms with Crippen LogP contribution in [0.25, 0.3) is 10.2 Å². The van der Waals surface area contributed by atoms with Gasteiger partial charge in [-0.25, -0.2) is 9.78 Å². The fourth-order valence-corrected chi connectivity index (χ4v) is 5.75. The van der Waals surface area contributed by atoms with Gasteiger partial charge in [0.1, 0.15) is 6.10 Å². The zero-order valence-corrected chi connectivity index (χ0v) is 24.2. The van der Waals surface area contributed by atoms with Crippen LogP contribution in [0.4, 0.5) is 4.79 Å². The Hall–Kier alpha value is -3.54. The van der Waals surface area contributed by atoms with Gasteiger partial charge in [0.15, 0.2) is 22.5 Å². The van der Waals surface area contributed by atoms with Gasteiger partial charge in [-0.15, -0.1) is 11.3 Å². The Kier molecular flexibility index (Phi) is 11.4. The number of ether oxygens (including phenoxy) is 1. The van der Waals surface area contributed by atoms with Crippen molar-refractivity contribution in [1.29, 1.82) is 0 Å². The van der Waals surface area contributed by atoms with E-state index in [1.165, 1.54) is 18.3 Å². The molecule has 0 radical (unpaired) electrons. The lowest BCUT2D eigenvalue weighted by atomic mass is 9.88. The molecule has 0 bridgehead atoms. The first kappa shape index (κ1) is 31.0. The smallest absolute Gasteiger partial charge is 0.407 e. The van der Waals surface area contributed by atoms with Gasteiger partial charge in [-0.2, -0.15) is 0 Å². The molecule has 0 aliphatic carbocycles. The zero-order valence-electron chi connectivity index (χ0n) is 23.4. The van der Waals surface area contributed by atoms with Crippen LogP contribution in [-0.2, 0) is 14.3 Å². The van der Waals surface area contributed by atoms with Crippen molar-refractivity contribution in [2.24, 2.45) is 28.3 Å². The molecular formula is C28H40N6O5S. The van der Waals surface area contributed by atoms with Crippen LogP contribution in [0, 0.1) is 11.8 Å².